The third-order valence-electron chi connectivity index (χ3n) is 4.49. The summed E-state index contributed by atoms with van der Waals surface area (Å²) in [7, 11) is 0. The lowest BCUT2D eigenvalue weighted by Crippen LogP contribution is -2.16. The summed E-state index contributed by atoms with van der Waals surface area (Å²) < 4.78 is 0. The number of amides is 1. The molecule has 1 aliphatic carbocycles. The Morgan fingerprint density at radius 1 is 1.23 bits per heavy atom. The molecule has 0 spiro atoms. The van der Waals surface area contributed by atoms with Crippen LogP contribution in [0.15, 0.2) is 34.6 Å². The first-order valence-corrected chi connectivity index (χ1v) is 7.47. The number of carbonyl (C=O) groups excluding carboxylic acids is 1. The summed E-state index contributed by atoms with van der Waals surface area (Å²) in [5.74, 6) is 0.307. The van der Waals surface area contributed by atoms with E-state index in [1.165, 1.54) is 5.57 Å². The molecule has 1 amide bonds. The number of aromatic amines is 2. The minimum absolute atomic E-state index is 0.00610. The van der Waals surface area contributed by atoms with Crippen molar-refractivity contribution in [1.29, 1.82) is 0 Å². The third-order valence-corrected chi connectivity index (χ3v) is 4.49. The van der Waals surface area contributed by atoms with Crippen molar-refractivity contribution in [3.8, 4) is 0 Å². The fourth-order valence-corrected chi connectivity index (χ4v) is 3.18. The van der Waals surface area contributed by atoms with Gasteiger partial charge in [0, 0.05) is 5.69 Å². The van der Waals surface area contributed by atoms with Crippen LogP contribution in [0.5, 0.6) is 0 Å². The van der Waals surface area contributed by atoms with Gasteiger partial charge in [-0.15, -0.1) is 0 Å². The monoisotopic (exact) mass is 299 g/mol. The molecule has 1 aromatic heterocycles. The van der Waals surface area contributed by atoms with E-state index in [0.29, 0.717) is 11.2 Å². The fourth-order valence-electron chi connectivity index (χ4n) is 3.18. The van der Waals surface area contributed by atoms with Gasteiger partial charge in [-0.3, -0.25) is 4.79 Å². The Bertz CT molecular complexity index is 822. The molecule has 2 unspecified atom stereocenters. The number of imidazole rings is 1. The molecule has 1 saturated carbocycles. The van der Waals surface area contributed by atoms with Crippen LogP contribution in [0.25, 0.3) is 11.0 Å². The van der Waals surface area contributed by atoms with Crippen LogP contribution in [-0.2, 0) is 4.79 Å². The number of aromatic nitrogens is 2. The third kappa shape index (κ3) is 2.47. The van der Waals surface area contributed by atoms with Crippen molar-refractivity contribution >= 4 is 22.6 Å². The summed E-state index contributed by atoms with van der Waals surface area (Å²) in [6.07, 6.45) is 2.18. The van der Waals surface area contributed by atoms with Crippen LogP contribution in [0.4, 0.5) is 5.69 Å². The van der Waals surface area contributed by atoms with E-state index in [1.54, 1.807) is 18.2 Å². The zero-order valence-electron chi connectivity index (χ0n) is 13.3. The molecular formula is C17H21N3O2. The molecule has 22 heavy (non-hydrogen) atoms. The number of hydrogen-bond donors (Lipinski definition) is 3. The maximum absolute atomic E-state index is 12.5. The average molecular weight is 299 g/mol. The van der Waals surface area contributed by atoms with E-state index < -0.39 is 0 Å². The van der Waals surface area contributed by atoms with E-state index in [1.807, 2.05) is 0 Å². The number of allylic oxidation sites excluding steroid dienone is 2. The zero-order chi connectivity index (χ0) is 16.1. The van der Waals surface area contributed by atoms with E-state index in [-0.39, 0.29) is 28.8 Å². The number of benzene rings is 1. The van der Waals surface area contributed by atoms with Crippen molar-refractivity contribution in [2.75, 3.05) is 5.32 Å². The topological polar surface area (TPSA) is 77.8 Å². The Kier molecular flexibility index (Phi) is 3.24. The molecular weight excluding hydrogens is 278 g/mol. The molecule has 1 fully saturated rings. The molecule has 5 heteroatoms. The second-order valence-electron chi connectivity index (χ2n) is 6.90. The molecule has 0 aliphatic heterocycles. The second-order valence-corrected chi connectivity index (χ2v) is 6.90. The van der Waals surface area contributed by atoms with E-state index in [0.717, 1.165) is 5.52 Å². The molecule has 0 bridgehead atoms. The van der Waals surface area contributed by atoms with E-state index in [2.05, 4.69) is 49.1 Å². The van der Waals surface area contributed by atoms with Gasteiger partial charge in [0.1, 0.15) is 0 Å². The summed E-state index contributed by atoms with van der Waals surface area (Å²) in [5, 5.41) is 2.96. The average Bonchev–Trinajstić information content (AvgIpc) is 2.75. The smallest absolute Gasteiger partial charge is 0.323 e. The highest BCUT2D eigenvalue weighted by atomic mass is 16.2. The highest BCUT2D eigenvalue weighted by Gasteiger charge is 2.60. The summed E-state index contributed by atoms with van der Waals surface area (Å²) in [6, 6.07) is 5.36. The predicted molar refractivity (Wildman–Crippen MR) is 87.7 cm³/mol. The largest absolute Gasteiger partial charge is 0.326 e. The van der Waals surface area contributed by atoms with Crippen LogP contribution in [-0.4, -0.2) is 15.9 Å². The first-order chi connectivity index (χ1) is 10.3. The molecule has 3 N–H and O–H groups in total. The maximum Gasteiger partial charge on any atom is 0.323 e. The molecule has 116 valence electrons. The molecule has 5 nitrogen and oxygen atoms in total. The van der Waals surface area contributed by atoms with E-state index >= 15 is 0 Å². The Morgan fingerprint density at radius 2 is 1.91 bits per heavy atom. The minimum atomic E-state index is -0.245. The van der Waals surface area contributed by atoms with Gasteiger partial charge in [-0.1, -0.05) is 25.5 Å². The van der Waals surface area contributed by atoms with Gasteiger partial charge in [-0.05, 0) is 43.4 Å². The molecule has 1 aromatic carbocycles. The SMILES string of the molecule is CC(C)=CC1C(C(=O)Nc2ccc3[nH]c(=O)[nH]c3c2)C1(C)C. The summed E-state index contributed by atoms with van der Waals surface area (Å²) in [4.78, 5) is 29.2. The number of fused-ring (bicyclic) bond motifs is 1. The molecule has 1 heterocycles. The first kappa shape index (κ1) is 14.6. The predicted octanol–water partition coefficient (Wildman–Crippen LogP) is 3.03. The van der Waals surface area contributed by atoms with Crippen LogP contribution in [0.2, 0.25) is 0 Å². The number of H-pyrrole nitrogens is 2. The molecule has 1 aliphatic rings. The van der Waals surface area contributed by atoms with Gasteiger partial charge in [-0.25, -0.2) is 4.79 Å². The van der Waals surface area contributed by atoms with Gasteiger partial charge < -0.3 is 15.3 Å². The second kappa shape index (κ2) is 4.87. The highest BCUT2D eigenvalue weighted by Crippen LogP contribution is 2.59. The maximum atomic E-state index is 12.5. The van der Waals surface area contributed by atoms with E-state index in [9.17, 15) is 9.59 Å². The number of nitrogens with one attached hydrogen (secondary N) is 3. The lowest BCUT2D eigenvalue weighted by atomic mass is 10.1. The Labute approximate surface area is 128 Å². The van der Waals surface area contributed by atoms with Gasteiger partial charge >= 0.3 is 5.69 Å². The van der Waals surface area contributed by atoms with Gasteiger partial charge in [0.2, 0.25) is 5.91 Å². The Balaban J connectivity index is 1.79. The van der Waals surface area contributed by atoms with Crippen LogP contribution < -0.4 is 11.0 Å². The standard InChI is InChI=1S/C17H21N3O2/c1-9(2)7-11-14(17(11,3)4)15(21)18-10-5-6-12-13(8-10)20-16(22)19-12/h5-8,11,14H,1-4H3,(H,18,21)(H2,19,20,22). The van der Waals surface area contributed by atoms with Crippen LogP contribution >= 0.6 is 0 Å². The fraction of sp³-hybridized carbons (Fsp3) is 0.412. The summed E-state index contributed by atoms with van der Waals surface area (Å²) in [5.41, 5.74) is 3.11. The molecule has 0 radical (unpaired) electrons. The normalized spacial score (nSPS) is 22.4. The van der Waals surface area contributed by atoms with Crippen molar-refractivity contribution in [1.82, 2.24) is 9.97 Å². The van der Waals surface area contributed by atoms with Gasteiger partial charge in [-0.2, -0.15) is 0 Å². The number of rotatable bonds is 3. The van der Waals surface area contributed by atoms with Crippen LogP contribution in [0.1, 0.15) is 27.7 Å². The number of hydrogen-bond acceptors (Lipinski definition) is 2. The quantitative estimate of drug-likeness (QED) is 0.762. The number of carbonyl (C=O) groups is 1. The van der Waals surface area contributed by atoms with Gasteiger partial charge in [0.25, 0.3) is 0 Å². The molecule has 2 aromatic rings. The van der Waals surface area contributed by atoms with Crippen LogP contribution in [0.3, 0.4) is 0 Å². The van der Waals surface area contributed by atoms with Crippen molar-refractivity contribution in [3.63, 3.8) is 0 Å². The van der Waals surface area contributed by atoms with Crippen molar-refractivity contribution in [2.45, 2.75) is 27.7 Å². The van der Waals surface area contributed by atoms with Crippen molar-refractivity contribution in [3.05, 3.63) is 40.3 Å². The molecule has 2 atom stereocenters. The van der Waals surface area contributed by atoms with Gasteiger partial charge in [0.15, 0.2) is 0 Å². The lowest BCUT2D eigenvalue weighted by Gasteiger charge is -2.06. The van der Waals surface area contributed by atoms with Crippen molar-refractivity contribution in [2.24, 2.45) is 17.3 Å². The Hall–Kier alpha value is -2.30. The summed E-state index contributed by atoms with van der Waals surface area (Å²) in [6.45, 7) is 8.35. The highest BCUT2D eigenvalue weighted by molar-refractivity contribution is 5.97. The molecule has 0 saturated heterocycles. The van der Waals surface area contributed by atoms with Gasteiger partial charge in [0.05, 0.1) is 17.0 Å². The number of anilines is 1. The Morgan fingerprint density at radius 3 is 2.59 bits per heavy atom. The zero-order valence-corrected chi connectivity index (χ0v) is 13.3. The first-order valence-electron chi connectivity index (χ1n) is 7.47. The van der Waals surface area contributed by atoms with Crippen molar-refractivity contribution < 1.29 is 4.79 Å². The van der Waals surface area contributed by atoms with E-state index in [4.69, 9.17) is 0 Å². The summed E-state index contributed by atoms with van der Waals surface area (Å²) >= 11 is 0. The minimum Gasteiger partial charge on any atom is -0.326 e. The molecule has 3 rings (SSSR count). The lowest BCUT2D eigenvalue weighted by molar-refractivity contribution is -0.118. The van der Waals surface area contributed by atoms with Crippen LogP contribution in [0, 0.1) is 17.3 Å².